The molecule has 232 valence electrons. The molecule has 1 spiro atoms. The Morgan fingerprint density at radius 3 is 2.47 bits per heavy atom. The number of aliphatic hydroxyl groups is 1. The van der Waals surface area contributed by atoms with E-state index in [2.05, 4.69) is 4.90 Å². The summed E-state index contributed by atoms with van der Waals surface area (Å²) in [5.74, 6) is -1.76. The van der Waals surface area contributed by atoms with Gasteiger partial charge in [0, 0.05) is 45.0 Å². The second-order valence-electron chi connectivity index (χ2n) is 11.8. The molecule has 0 bridgehead atoms. The molecule has 1 N–H and O–H groups in total. The van der Waals surface area contributed by atoms with E-state index in [0.717, 1.165) is 13.1 Å². The molecule has 11 nitrogen and oxygen atoms in total. The second kappa shape index (κ2) is 12.4. The second-order valence-corrected chi connectivity index (χ2v) is 11.8. The highest BCUT2D eigenvalue weighted by Crippen LogP contribution is 2.54. The van der Waals surface area contributed by atoms with Crippen molar-refractivity contribution in [3.8, 4) is 5.75 Å². The fraction of sp³-hybridized carbons (Fsp3) is 0.594. The molecular weight excluding hydrogens is 552 g/mol. The van der Waals surface area contributed by atoms with Gasteiger partial charge in [0.2, 0.25) is 17.7 Å². The van der Waals surface area contributed by atoms with Gasteiger partial charge in [-0.2, -0.15) is 0 Å². The first-order chi connectivity index (χ1) is 20.9. The summed E-state index contributed by atoms with van der Waals surface area (Å²) in [5.41, 5.74) is -0.621. The molecule has 1 aromatic carbocycles. The molecule has 5 heterocycles. The van der Waals surface area contributed by atoms with Crippen LogP contribution in [0, 0.1) is 11.8 Å². The predicted octanol–water partition coefficient (Wildman–Crippen LogP) is 1.07. The van der Waals surface area contributed by atoms with Crippen LogP contribution in [0.2, 0.25) is 0 Å². The molecule has 6 atom stereocenters. The van der Waals surface area contributed by atoms with Crippen molar-refractivity contribution in [2.75, 3.05) is 70.6 Å². The normalized spacial score (nSPS) is 31.5. The Kier molecular flexibility index (Phi) is 8.59. The molecule has 5 aliphatic rings. The van der Waals surface area contributed by atoms with Crippen LogP contribution in [0.15, 0.2) is 48.6 Å². The van der Waals surface area contributed by atoms with Gasteiger partial charge in [0.15, 0.2) is 0 Å². The van der Waals surface area contributed by atoms with Crippen LogP contribution >= 0.6 is 0 Å². The van der Waals surface area contributed by atoms with Crippen LogP contribution in [-0.4, -0.2) is 127 Å². The smallest absolute Gasteiger partial charge is 0.249 e. The molecule has 0 radical (unpaired) electrons. The lowest BCUT2D eigenvalue weighted by Crippen LogP contribution is -2.58. The third kappa shape index (κ3) is 5.16. The van der Waals surface area contributed by atoms with Crippen LogP contribution in [0.25, 0.3) is 0 Å². The van der Waals surface area contributed by atoms with Crippen molar-refractivity contribution in [1.29, 1.82) is 0 Å². The van der Waals surface area contributed by atoms with Crippen LogP contribution in [-0.2, 0) is 23.9 Å². The van der Waals surface area contributed by atoms with Crippen molar-refractivity contribution in [1.82, 2.24) is 14.7 Å². The van der Waals surface area contributed by atoms with Crippen molar-refractivity contribution in [3.63, 3.8) is 0 Å². The van der Waals surface area contributed by atoms with E-state index in [1.165, 1.54) is 4.90 Å². The zero-order chi connectivity index (χ0) is 30.1. The van der Waals surface area contributed by atoms with E-state index in [1.807, 2.05) is 62.4 Å². The number of amides is 3. The van der Waals surface area contributed by atoms with E-state index in [1.54, 1.807) is 9.80 Å². The molecule has 5 aliphatic heterocycles. The van der Waals surface area contributed by atoms with E-state index >= 15 is 0 Å². The number of fused-ring (bicyclic) bond motifs is 2. The molecular formula is C32H42N4O7. The molecule has 43 heavy (non-hydrogen) atoms. The SMILES string of the molecule is CCOc1ccc(N2CC=C[C@@H]3O[C@]45C=CCN(CCN6CCOCC6)C(=O)C4N([C@@H](CC)CO)C(=O)[C@@H]5[C@@H]3C2=O)cc1. The average Bonchev–Trinajstić information content (AvgIpc) is 3.34. The Labute approximate surface area is 252 Å². The monoisotopic (exact) mass is 594 g/mol. The number of rotatable bonds is 9. The largest absolute Gasteiger partial charge is 0.494 e. The van der Waals surface area contributed by atoms with Crippen LogP contribution in [0.3, 0.4) is 0 Å². The first kappa shape index (κ1) is 29.8. The molecule has 3 fully saturated rings. The van der Waals surface area contributed by atoms with Gasteiger partial charge in [-0.1, -0.05) is 31.2 Å². The molecule has 0 aromatic heterocycles. The zero-order valence-corrected chi connectivity index (χ0v) is 25.0. The van der Waals surface area contributed by atoms with E-state index in [-0.39, 0.29) is 24.3 Å². The summed E-state index contributed by atoms with van der Waals surface area (Å²) < 4.78 is 17.8. The van der Waals surface area contributed by atoms with Crippen molar-refractivity contribution in [3.05, 3.63) is 48.6 Å². The highest BCUT2D eigenvalue weighted by molar-refractivity contribution is 6.04. The number of benzene rings is 1. The number of anilines is 1. The maximum absolute atomic E-state index is 14.4. The quantitative estimate of drug-likeness (QED) is 0.423. The molecule has 1 unspecified atom stereocenters. The van der Waals surface area contributed by atoms with E-state index in [0.29, 0.717) is 63.9 Å². The third-order valence-electron chi connectivity index (χ3n) is 9.50. The van der Waals surface area contributed by atoms with Crippen molar-refractivity contribution < 1.29 is 33.7 Å². The van der Waals surface area contributed by atoms with E-state index in [4.69, 9.17) is 14.2 Å². The Bertz CT molecular complexity index is 1260. The Morgan fingerprint density at radius 2 is 1.77 bits per heavy atom. The standard InChI is InChI=1S/C32H42N4O7/c1-3-22(21-37)36-28-31(40)34(16-15-33-17-19-41-20-18-33)13-6-12-32(28)27(30(36)39)26-25(43-32)7-5-14-35(29(26)38)23-8-10-24(11-9-23)42-4-2/h5-12,22,25-28,37H,3-4,13-21H2,1-2H3/t22-,25-,26+,27-,28?,32-/m0/s1. The van der Waals surface area contributed by atoms with Gasteiger partial charge in [-0.25, -0.2) is 0 Å². The summed E-state index contributed by atoms with van der Waals surface area (Å²) in [6.07, 6.45) is 7.32. The summed E-state index contributed by atoms with van der Waals surface area (Å²) in [7, 11) is 0. The Hall–Kier alpha value is -3.25. The van der Waals surface area contributed by atoms with Crippen LogP contribution in [0.4, 0.5) is 5.69 Å². The first-order valence-electron chi connectivity index (χ1n) is 15.5. The van der Waals surface area contributed by atoms with Gasteiger partial charge in [0.1, 0.15) is 17.4 Å². The zero-order valence-electron chi connectivity index (χ0n) is 25.0. The van der Waals surface area contributed by atoms with Crippen LogP contribution < -0.4 is 9.64 Å². The number of carbonyl (C=O) groups is 3. The molecule has 6 rings (SSSR count). The molecule has 3 amide bonds. The number of aliphatic hydroxyl groups excluding tert-OH is 1. The summed E-state index contributed by atoms with van der Waals surface area (Å²) in [6, 6.07) is 5.79. The highest BCUT2D eigenvalue weighted by Gasteiger charge is 2.72. The molecule has 1 aromatic rings. The van der Waals surface area contributed by atoms with Gasteiger partial charge in [-0.3, -0.25) is 19.3 Å². The van der Waals surface area contributed by atoms with Crippen LogP contribution in [0.1, 0.15) is 20.3 Å². The van der Waals surface area contributed by atoms with Gasteiger partial charge < -0.3 is 34.0 Å². The van der Waals surface area contributed by atoms with Crippen molar-refractivity contribution in [2.45, 2.75) is 44.1 Å². The number of morpholine rings is 1. The van der Waals surface area contributed by atoms with Gasteiger partial charge in [0.25, 0.3) is 0 Å². The minimum Gasteiger partial charge on any atom is -0.494 e. The number of hydrogen-bond acceptors (Lipinski definition) is 8. The maximum atomic E-state index is 14.4. The fourth-order valence-electron chi connectivity index (χ4n) is 7.34. The minimum atomic E-state index is -1.32. The number of likely N-dealkylation sites (tertiary alicyclic amines) is 1. The fourth-order valence-corrected chi connectivity index (χ4v) is 7.34. The van der Waals surface area contributed by atoms with Crippen molar-refractivity contribution >= 4 is 23.4 Å². The van der Waals surface area contributed by atoms with Crippen LogP contribution in [0.5, 0.6) is 5.75 Å². The number of nitrogens with zero attached hydrogens (tertiary/aromatic N) is 4. The molecule has 0 aliphatic carbocycles. The molecule has 0 saturated carbocycles. The number of carbonyl (C=O) groups excluding carboxylic acids is 3. The summed E-state index contributed by atoms with van der Waals surface area (Å²) in [4.78, 5) is 50.5. The highest BCUT2D eigenvalue weighted by atomic mass is 16.5. The Morgan fingerprint density at radius 1 is 1.00 bits per heavy atom. The lowest BCUT2D eigenvalue weighted by atomic mass is 9.77. The van der Waals surface area contributed by atoms with Crippen molar-refractivity contribution in [2.24, 2.45) is 11.8 Å². The maximum Gasteiger partial charge on any atom is 0.249 e. The lowest BCUT2D eigenvalue weighted by Gasteiger charge is -2.38. The topological polar surface area (TPSA) is 112 Å². The summed E-state index contributed by atoms with van der Waals surface area (Å²) in [5, 5.41) is 10.3. The summed E-state index contributed by atoms with van der Waals surface area (Å²) in [6.45, 7) is 8.93. The third-order valence-corrected chi connectivity index (χ3v) is 9.50. The summed E-state index contributed by atoms with van der Waals surface area (Å²) >= 11 is 0. The minimum absolute atomic E-state index is 0.211. The Balaban J connectivity index is 1.34. The molecule has 3 saturated heterocycles. The van der Waals surface area contributed by atoms with Gasteiger partial charge in [-0.15, -0.1) is 0 Å². The molecule has 11 heteroatoms. The van der Waals surface area contributed by atoms with E-state index in [9.17, 15) is 19.5 Å². The van der Waals surface area contributed by atoms with E-state index < -0.39 is 35.6 Å². The predicted molar refractivity (Wildman–Crippen MR) is 158 cm³/mol. The average molecular weight is 595 g/mol. The first-order valence-corrected chi connectivity index (χ1v) is 15.5. The number of ether oxygens (including phenoxy) is 3. The lowest BCUT2D eigenvalue weighted by molar-refractivity contribution is -0.150. The number of hydrogen-bond donors (Lipinski definition) is 1. The van der Waals surface area contributed by atoms with Gasteiger partial charge >= 0.3 is 0 Å². The van der Waals surface area contributed by atoms with Gasteiger partial charge in [-0.05, 0) is 37.6 Å². The van der Waals surface area contributed by atoms with Gasteiger partial charge in [0.05, 0.1) is 50.4 Å².